The first-order chi connectivity index (χ1) is 9.69. The summed E-state index contributed by atoms with van der Waals surface area (Å²) in [6.45, 7) is 0.651. The third-order valence-electron chi connectivity index (χ3n) is 3.15. The van der Waals surface area contributed by atoms with E-state index in [0.29, 0.717) is 18.1 Å². The molecule has 3 rings (SSSR count). The predicted octanol–water partition coefficient (Wildman–Crippen LogP) is 0.764. The van der Waals surface area contributed by atoms with Crippen molar-refractivity contribution >= 4 is 22.9 Å². The van der Waals surface area contributed by atoms with Crippen LogP contribution in [0.2, 0.25) is 0 Å². The number of H-pyrrole nitrogens is 1. The van der Waals surface area contributed by atoms with Gasteiger partial charge in [0.05, 0.1) is 12.9 Å². The third kappa shape index (κ3) is 2.04. The van der Waals surface area contributed by atoms with Crippen molar-refractivity contribution < 1.29 is 0 Å². The minimum Gasteiger partial charge on any atom is -0.357 e. The van der Waals surface area contributed by atoms with Crippen LogP contribution in [0, 0.1) is 0 Å². The van der Waals surface area contributed by atoms with Crippen molar-refractivity contribution in [1.29, 1.82) is 0 Å². The van der Waals surface area contributed by atoms with Crippen LogP contribution in [0.3, 0.4) is 0 Å². The van der Waals surface area contributed by atoms with Gasteiger partial charge in [-0.3, -0.25) is 0 Å². The molecule has 3 aromatic heterocycles. The van der Waals surface area contributed by atoms with Crippen molar-refractivity contribution in [3.8, 4) is 0 Å². The summed E-state index contributed by atoms with van der Waals surface area (Å²) in [7, 11) is 5.73. The van der Waals surface area contributed by atoms with E-state index in [9.17, 15) is 0 Å². The number of nitrogens with one attached hydrogen (secondary N) is 2. The fraction of sp³-hybridized carbons (Fsp3) is 0.333. The van der Waals surface area contributed by atoms with Crippen LogP contribution in [0.4, 0.5) is 11.8 Å². The number of aromatic nitrogens is 6. The monoisotopic (exact) mass is 272 g/mol. The standard InChI is InChI=1S/C12H16N8/c1-13-12-17-10-9(15-7-16-10)11(18-12)20(3)6-8-14-4-5-19(8)2/h4-5,7H,6H2,1-3H3,(H2,13,15,16,17,18). The van der Waals surface area contributed by atoms with Crippen LogP contribution < -0.4 is 10.2 Å². The van der Waals surface area contributed by atoms with E-state index in [-0.39, 0.29) is 0 Å². The molecule has 0 aliphatic carbocycles. The van der Waals surface area contributed by atoms with E-state index in [2.05, 4.69) is 30.2 Å². The highest BCUT2D eigenvalue weighted by Crippen LogP contribution is 2.22. The smallest absolute Gasteiger partial charge is 0.226 e. The molecule has 0 saturated heterocycles. The Hall–Kier alpha value is -2.64. The first kappa shape index (κ1) is 12.4. The molecule has 0 saturated carbocycles. The molecule has 0 aliphatic heterocycles. The molecule has 0 radical (unpaired) electrons. The van der Waals surface area contributed by atoms with Crippen LogP contribution in [0.1, 0.15) is 5.82 Å². The zero-order chi connectivity index (χ0) is 14.1. The molecule has 0 atom stereocenters. The molecule has 8 heteroatoms. The summed E-state index contributed by atoms with van der Waals surface area (Å²) in [4.78, 5) is 22.4. The van der Waals surface area contributed by atoms with Gasteiger partial charge in [-0.25, -0.2) is 9.97 Å². The van der Waals surface area contributed by atoms with Gasteiger partial charge in [0.25, 0.3) is 0 Å². The van der Waals surface area contributed by atoms with Crippen molar-refractivity contribution in [2.24, 2.45) is 7.05 Å². The molecular formula is C12H16N8. The Bertz CT molecular complexity index is 728. The number of hydrogen-bond acceptors (Lipinski definition) is 6. The first-order valence-corrected chi connectivity index (χ1v) is 6.25. The van der Waals surface area contributed by atoms with Crippen LogP contribution >= 0.6 is 0 Å². The SMILES string of the molecule is CNc1nc(N(C)Cc2nccn2C)c2[nH]cnc2n1. The van der Waals surface area contributed by atoms with Gasteiger partial charge in [-0.15, -0.1) is 0 Å². The fourth-order valence-corrected chi connectivity index (χ4v) is 2.04. The highest BCUT2D eigenvalue weighted by Gasteiger charge is 2.14. The third-order valence-corrected chi connectivity index (χ3v) is 3.15. The minimum absolute atomic E-state index is 0.547. The Morgan fingerprint density at radius 3 is 2.90 bits per heavy atom. The largest absolute Gasteiger partial charge is 0.357 e. The maximum absolute atomic E-state index is 4.50. The molecule has 0 spiro atoms. The maximum Gasteiger partial charge on any atom is 0.226 e. The average Bonchev–Trinajstić information content (AvgIpc) is 3.06. The maximum atomic E-state index is 4.50. The lowest BCUT2D eigenvalue weighted by Gasteiger charge is -2.18. The van der Waals surface area contributed by atoms with Crippen LogP contribution in [0.15, 0.2) is 18.7 Å². The van der Waals surface area contributed by atoms with Gasteiger partial charge in [0.2, 0.25) is 5.95 Å². The van der Waals surface area contributed by atoms with E-state index >= 15 is 0 Å². The Morgan fingerprint density at radius 1 is 1.35 bits per heavy atom. The second kappa shape index (κ2) is 4.80. The molecular weight excluding hydrogens is 256 g/mol. The molecule has 3 heterocycles. The second-order valence-corrected chi connectivity index (χ2v) is 4.53. The highest BCUT2D eigenvalue weighted by atomic mass is 15.2. The van der Waals surface area contributed by atoms with E-state index in [1.807, 2.05) is 29.8 Å². The minimum atomic E-state index is 0.547. The highest BCUT2D eigenvalue weighted by molar-refractivity contribution is 5.84. The van der Waals surface area contributed by atoms with Crippen molar-refractivity contribution in [1.82, 2.24) is 29.5 Å². The summed E-state index contributed by atoms with van der Waals surface area (Å²) >= 11 is 0. The van der Waals surface area contributed by atoms with Gasteiger partial charge in [-0.1, -0.05) is 0 Å². The average molecular weight is 272 g/mol. The summed E-state index contributed by atoms with van der Waals surface area (Å²) in [6, 6.07) is 0. The predicted molar refractivity (Wildman–Crippen MR) is 76.5 cm³/mol. The zero-order valence-electron chi connectivity index (χ0n) is 11.6. The molecule has 8 nitrogen and oxygen atoms in total. The normalized spacial score (nSPS) is 10.9. The van der Waals surface area contributed by atoms with E-state index in [1.54, 1.807) is 19.6 Å². The van der Waals surface area contributed by atoms with Gasteiger partial charge in [0, 0.05) is 33.5 Å². The van der Waals surface area contributed by atoms with Gasteiger partial charge in [-0.05, 0) is 0 Å². The van der Waals surface area contributed by atoms with E-state index in [0.717, 1.165) is 17.2 Å². The van der Waals surface area contributed by atoms with Crippen molar-refractivity contribution in [2.75, 3.05) is 24.3 Å². The lowest BCUT2D eigenvalue weighted by atomic mass is 10.4. The van der Waals surface area contributed by atoms with E-state index < -0.39 is 0 Å². The number of nitrogens with zero attached hydrogens (tertiary/aromatic N) is 6. The molecule has 0 bridgehead atoms. The van der Waals surface area contributed by atoms with Crippen LogP contribution in [-0.2, 0) is 13.6 Å². The Labute approximate surface area is 115 Å². The van der Waals surface area contributed by atoms with E-state index in [4.69, 9.17) is 0 Å². The van der Waals surface area contributed by atoms with Crippen molar-refractivity contribution in [3.63, 3.8) is 0 Å². The summed E-state index contributed by atoms with van der Waals surface area (Å²) in [5.41, 5.74) is 1.46. The lowest BCUT2D eigenvalue weighted by Crippen LogP contribution is -2.21. The molecule has 0 amide bonds. The van der Waals surface area contributed by atoms with Gasteiger partial charge < -0.3 is 19.8 Å². The Balaban J connectivity index is 2.00. The molecule has 0 unspecified atom stereocenters. The Morgan fingerprint density at radius 2 is 2.20 bits per heavy atom. The fourth-order valence-electron chi connectivity index (χ4n) is 2.04. The summed E-state index contributed by atoms with van der Waals surface area (Å²) < 4.78 is 1.99. The number of aromatic amines is 1. The summed E-state index contributed by atoms with van der Waals surface area (Å²) in [5.74, 6) is 2.30. The molecule has 20 heavy (non-hydrogen) atoms. The van der Waals surface area contributed by atoms with Crippen LogP contribution in [-0.4, -0.2) is 43.6 Å². The van der Waals surface area contributed by atoms with Crippen molar-refractivity contribution in [2.45, 2.75) is 6.54 Å². The number of rotatable bonds is 4. The van der Waals surface area contributed by atoms with Gasteiger partial charge >= 0.3 is 0 Å². The van der Waals surface area contributed by atoms with Crippen LogP contribution in [0.25, 0.3) is 11.2 Å². The topological polar surface area (TPSA) is 87.5 Å². The molecule has 2 N–H and O–H groups in total. The Kier molecular flexibility index (Phi) is 2.97. The number of hydrogen-bond donors (Lipinski definition) is 2. The molecule has 3 aromatic rings. The van der Waals surface area contributed by atoms with Gasteiger partial charge in [-0.2, -0.15) is 9.97 Å². The van der Waals surface area contributed by atoms with Gasteiger partial charge in [0.1, 0.15) is 11.3 Å². The summed E-state index contributed by atoms with van der Waals surface area (Å²) in [6.07, 6.45) is 5.33. The molecule has 0 aromatic carbocycles. The molecule has 0 fully saturated rings. The quantitative estimate of drug-likeness (QED) is 0.729. The first-order valence-electron chi connectivity index (χ1n) is 6.25. The second-order valence-electron chi connectivity index (χ2n) is 4.53. The van der Waals surface area contributed by atoms with E-state index in [1.165, 1.54) is 0 Å². The lowest BCUT2D eigenvalue weighted by molar-refractivity contribution is 0.756. The molecule has 0 aliphatic rings. The number of fused-ring (bicyclic) bond motifs is 1. The number of anilines is 2. The zero-order valence-corrected chi connectivity index (χ0v) is 11.6. The van der Waals surface area contributed by atoms with Crippen LogP contribution in [0.5, 0.6) is 0 Å². The molecule has 104 valence electrons. The number of aryl methyl sites for hydroxylation is 1. The number of imidazole rings is 2. The van der Waals surface area contributed by atoms with Crippen molar-refractivity contribution in [3.05, 3.63) is 24.5 Å². The van der Waals surface area contributed by atoms with Gasteiger partial charge in [0.15, 0.2) is 11.5 Å². The summed E-state index contributed by atoms with van der Waals surface area (Å²) in [5, 5.41) is 2.95.